The normalized spacial score (nSPS) is 12.6. The van der Waals surface area contributed by atoms with Crippen LogP contribution in [0.4, 0.5) is 0 Å². The minimum absolute atomic E-state index is 0.266. The fraction of sp³-hybridized carbons (Fsp3) is 0.200. The Balaban J connectivity index is 0.000000135. The standard InChI is InChI=1S/C14H12ClN3.C12H8ClN3.C4H8O/c1-2-18-9-11(10-5-3-4-6-13(10)18)12-7-8-16-14(15)17-12;13-12-14-6-5-11(16-12)9-7-15-10-4-2-1-3-8(9)10;1-2-4-5-3-1/h3-9H,2H2,1H3;1-7,15H;1-4H2. The third-order valence-electron chi connectivity index (χ3n) is 6.35. The van der Waals surface area contributed by atoms with Crippen LogP contribution >= 0.6 is 23.2 Å². The molecule has 0 unspecified atom stereocenters. The van der Waals surface area contributed by atoms with Crippen LogP contribution in [0.25, 0.3) is 44.3 Å². The summed E-state index contributed by atoms with van der Waals surface area (Å²) in [5.41, 5.74) is 6.13. The lowest BCUT2D eigenvalue weighted by Gasteiger charge is -1.98. The summed E-state index contributed by atoms with van der Waals surface area (Å²) in [5, 5.41) is 2.87. The second kappa shape index (κ2) is 12.8. The molecule has 6 aromatic rings. The van der Waals surface area contributed by atoms with Crippen LogP contribution < -0.4 is 0 Å². The van der Waals surface area contributed by atoms with E-state index in [1.54, 1.807) is 12.4 Å². The zero-order chi connectivity index (χ0) is 27.0. The number of hydrogen-bond acceptors (Lipinski definition) is 5. The highest BCUT2D eigenvalue weighted by atomic mass is 35.5. The van der Waals surface area contributed by atoms with E-state index < -0.39 is 0 Å². The van der Waals surface area contributed by atoms with Crippen LogP contribution in [0.3, 0.4) is 0 Å². The number of aromatic nitrogens is 6. The SMILES string of the molecule is C1CCOC1.CCn1cc(-c2ccnc(Cl)n2)c2ccccc21.Clc1nccc(-c2c[nH]c3ccccc23)n1. The lowest BCUT2D eigenvalue weighted by molar-refractivity contribution is 0.198. The number of ether oxygens (including phenoxy) is 1. The Morgan fingerprint density at radius 2 is 1.41 bits per heavy atom. The Hall–Kier alpha value is -3.78. The highest BCUT2D eigenvalue weighted by molar-refractivity contribution is 6.28. The second-order valence-electron chi connectivity index (χ2n) is 8.84. The molecule has 39 heavy (non-hydrogen) atoms. The van der Waals surface area contributed by atoms with Gasteiger partial charge >= 0.3 is 0 Å². The van der Waals surface area contributed by atoms with Crippen molar-refractivity contribution in [3.05, 3.63) is 96.0 Å². The van der Waals surface area contributed by atoms with Crippen LogP contribution in [-0.4, -0.2) is 42.7 Å². The van der Waals surface area contributed by atoms with Gasteiger partial charge in [0, 0.05) is 77.5 Å². The number of fused-ring (bicyclic) bond motifs is 2. The molecule has 0 spiro atoms. The molecule has 7 rings (SSSR count). The molecular weight excluding hydrogens is 531 g/mol. The molecule has 2 aromatic carbocycles. The molecule has 1 N–H and O–H groups in total. The summed E-state index contributed by atoms with van der Waals surface area (Å²) in [6.45, 7) is 5.06. The van der Waals surface area contributed by atoms with Crippen molar-refractivity contribution < 1.29 is 4.74 Å². The first-order valence-corrected chi connectivity index (χ1v) is 13.6. The van der Waals surface area contributed by atoms with Gasteiger partial charge in [0.15, 0.2) is 0 Å². The van der Waals surface area contributed by atoms with Crippen LogP contribution in [-0.2, 0) is 11.3 Å². The topological polar surface area (TPSA) is 81.5 Å². The Kier molecular flexibility index (Phi) is 8.83. The average molecular weight is 560 g/mol. The van der Waals surface area contributed by atoms with E-state index in [9.17, 15) is 0 Å². The summed E-state index contributed by atoms with van der Waals surface area (Å²) in [5.74, 6) is 0. The first-order chi connectivity index (χ1) is 19.1. The molecule has 198 valence electrons. The summed E-state index contributed by atoms with van der Waals surface area (Å²) in [6, 6.07) is 20.1. The first-order valence-electron chi connectivity index (χ1n) is 12.8. The van der Waals surface area contributed by atoms with Crippen molar-refractivity contribution in [2.45, 2.75) is 26.3 Å². The van der Waals surface area contributed by atoms with E-state index in [-0.39, 0.29) is 10.6 Å². The quantitative estimate of drug-likeness (QED) is 0.223. The largest absolute Gasteiger partial charge is 0.381 e. The van der Waals surface area contributed by atoms with Crippen molar-refractivity contribution in [3.63, 3.8) is 0 Å². The smallest absolute Gasteiger partial charge is 0.222 e. The van der Waals surface area contributed by atoms with Crippen LogP contribution in [0.5, 0.6) is 0 Å². The number of aromatic amines is 1. The van der Waals surface area contributed by atoms with Gasteiger partial charge in [-0.05, 0) is 67.2 Å². The summed E-state index contributed by atoms with van der Waals surface area (Å²) in [7, 11) is 0. The van der Waals surface area contributed by atoms with Crippen molar-refractivity contribution in [1.29, 1.82) is 0 Å². The highest BCUT2D eigenvalue weighted by Gasteiger charge is 2.10. The molecule has 4 aromatic heterocycles. The third kappa shape index (κ3) is 6.45. The van der Waals surface area contributed by atoms with Crippen LogP contribution in [0.1, 0.15) is 19.8 Å². The molecule has 1 fully saturated rings. The minimum atomic E-state index is 0.266. The number of H-pyrrole nitrogens is 1. The lowest BCUT2D eigenvalue weighted by Crippen LogP contribution is -1.90. The van der Waals surface area contributed by atoms with Gasteiger partial charge in [-0.2, -0.15) is 0 Å². The average Bonchev–Trinajstić information content (AvgIpc) is 3.74. The van der Waals surface area contributed by atoms with Crippen molar-refractivity contribution in [2.75, 3.05) is 13.2 Å². The van der Waals surface area contributed by atoms with Crippen LogP contribution in [0.15, 0.2) is 85.5 Å². The molecule has 0 atom stereocenters. The van der Waals surface area contributed by atoms with Crippen LogP contribution in [0.2, 0.25) is 10.6 Å². The van der Waals surface area contributed by atoms with Crippen molar-refractivity contribution in [2.24, 2.45) is 0 Å². The molecule has 0 bridgehead atoms. The van der Waals surface area contributed by atoms with Gasteiger partial charge in [-0.1, -0.05) is 36.4 Å². The molecule has 1 aliphatic rings. The van der Waals surface area contributed by atoms with E-state index >= 15 is 0 Å². The van der Waals surface area contributed by atoms with E-state index in [4.69, 9.17) is 27.9 Å². The molecule has 5 heterocycles. The molecule has 1 aliphatic heterocycles. The molecule has 0 saturated carbocycles. The van der Waals surface area contributed by atoms with E-state index in [1.807, 2.05) is 48.7 Å². The van der Waals surface area contributed by atoms with Gasteiger partial charge in [-0.15, -0.1) is 0 Å². The van der Waals surface area contributed by atoms with Gasteiger partial charge in [0.1, 0.15) is 0 Å². The number of halogens is 2. The highest BCUT2D eigenvalue weighted by Crippen LogP contribution is 2.30. The van der Waals surface area contributed by atoms with Crippen molar-refractivity contribution in [1.82, 2.24) is 29.5 Å². The second-order valence-corrected chi connectivity index (χ2v) is 9.51. The summed E-state index contributed by atoms with van der Waals surface area (Å²) >= 11 is 11.6. The van der Waals surface area contributed by atoms with Gasteiger partial charge < -0.3 is 14.3 Å². The number of nitrogens with zero attached hydrogens (tertiary/aromatic N) is 5. The maximum atomic E-state index is 5.86. The number of benzene rings is 2. The van der Waals surface area contributed by atoms with Crippen molar-refractivity contribution in [3.8, 4) is 22.5 Å². The maximum Gasteiger partial charge on any atom is 0.222 e. The molecule has 7 nitrogen and oxygen atoms in total. The third-order valence-corrected chi connectivity index (χ3v) is 6.71. The molecule has 0 radical (unpaired) electrons. The number of rotatable bonds is 3. The number of nitrogens with one attached hydrogen (secondary N) is 1. The van der Waals surface area contributed by atoms with Gasteiger partial charge in [0.25, 0.3) is 0 Å². The Morgan fingerprint density at radius 1 is 0.795 bits per heavy atom. The molecular formula is C30H28Cl2N6O. The zero-order valence-electron chi connectivity index (χ0n) is 21.5. The zero-order valence-corrected chi connectivity index (χ0v) is 23.0. The van der Waals surface area contributed by atoms with E-state index in [1.165, 1.54) is 23.7 Å². The monoisotopic (exact) mass is 558 g/mol. The van der Waals surface area contributed by atoms with Gasteiger partial charge in [-0.25, -0.2) is 19.9 Å². The van der Waals surface area contributed by atoms with Crippen molar-refractivity contribution >= 4 is 45.0 Å². The lowest BCUT2D eigenvalue weighted by atomic mass is 10.1. The van der Waals surface area contributed by atoms with Crippen LogP contribution in [0, 0.1) is 0 Å². The maximum absolute atomic E-state index is 5.86. The van der Waals surface area contributed by atoms with Gasteiger partial charge in [0.2, 0.25) is 10.6 Å². The number of aryl methyl sites for hydroxylation is 1. The molecule has 0 aliphatic carbocycles. The van der Waals surface area contributed by atoms with Gasteiger partial charge in [-0.3, -0.25) is 0 Å². The molecule has 0 amide bonds. The molecule has 1 saturated heterocycles. The van der Waals surface area contributed by atoms with E-state index in [0.717, 1.165) is 53.2 Å². The predicted octanol–water partition coefficient (Wildman–Crippen LogP) is 7.85. The predicted molar refractivity (Wildman–Crippen MR) is 158 cm³/mol. The summed E-state index contributed by atoms with van der Waals surface area (Å²) < 4.78 is 7.15. The summed E-state index contributed by atoms with van der Waals surface area (Å²) in [6.07, 6.45) is 9.95. The summed E-state index contributed by atoms with van der Waals surface area (Å²) in [4.78, 5) is 19.5. The van der Waals surface area contributed by atoms with E-state index in [2.05, 4.69) is 60.8 Å². The first kappa shape index (κ1) is 26.8. The minimum Gasteiger partial charge on any atom is -0.381 e. The number of para-hydroxylation sites is 2. The Labute approximate surface area is 236 Å². The fourth-order valence-electron chi connectivity index (χ4n) is 4.48. The van der Waals surface area contributed by atoms with Gasteiger partial charge in [0.05, 0.1) is 11.4 Å². The Morgan fingerprint density at radius 3 is 2.03 bits per heavy atom. The van der Waals surface area contributed by atoms with E-state index in [0.29, 0.717) is 0 Å². The number of hydrogen-bond donors (Lipinski definition) is 1. The molecule has 9 heteroatoms. The fourth-order valence-corrected chi connectivity index (χ4v) is 4.77. The Bertz CT molecular complexity index is 1670.